The van der Waals surface area contributed by atoms with Gasteiger partial charge in [-0.15, -0.1) is 0 Å². The van der Waals surface area contributed by atoms with Gasteiger partial charge in [-0.25, -0.2) is 18.0 Å². The van der Waals surface area contributed by atoms with Crippen LogP contribution in [0.25, 0.3) is 22.6 Å². The van der Waals surface area contributed by atoms with E-state index in [-0.39, 0.29) is 44.6 Å². The maximum Gasteiger partial charge on any atom is 0.355 e. The number of carbonyl (C=O) groups excluding carboxylic acids is 1. The zero-order valence-electron chi connectivity index (χ0n) is 19.3. The lowest BCUT2D eigenvalue weighted by Crippen LogP contribution is -2.12. The van der Waals surface area contributed by atoms with Crippen LogP contribution in [0, 0.1) is 0 Å². The van der Waals surface area contributed by atoms with Gasteiger partial charge in [0.2, 0.25) is 0 Å². The Balaban J connectivity index is 1.77. The normalized spacial score (nSPS) is 11.9. The van der Waals surface area contributed by atoms with Crippen LogP contribution in [0.15, 0.2) is 71.6 Å². The van der Waals surface area contributed by atoms with E-state index >= 15 is 0 Å². The highest BCUT2D eigenvalue weighted by Gasteiger charge is 2.22. The minimum Gasteiger partial charge on any atom is -0.478 e. The maximum atomic E-state index is 12.6. The number of sulfonamides is 1. The molecule has 0 amide bonds. The lowest BCUT2D eigenvalue weighted by molar-refractivity contribution is -0.130. The summed E-state index contributed by atoms with van der Waals surface area (Å²) in [5.74, 6) is -1.96. The molecule has 0 aliphatic heterocycles. The molecule has 0 aliphatic rings. The predicted octanol–water partition coefficient (Wildman–Crippen LogP) is 6.08. The molecule has 0 spiro atoms. The second-order valence-corrected chi connectivity index (χ2v) is 10.3. The fourth-order valence-corrected chi connectivity index (χ4v) is 5.40. The number of carboxylic acid groups (broad SMARTS) is 1. The van der Waals surface area contributed by atoms with Gasteiger partial charge in [-0.3, -0.25) is 4.72 Å². The van der Waals surface area contributed by atoms with Gasteiger partial charge in [0.05, 0.1) is 22.1 Å². The van der Waals surface area contributed by atoms with E-state index in [1.807, 2.05) is 0 Å². The van der Waals surface area contributed by atoms with Crippen LogP contribution in [0.2, 0.25) is 10.0 Å². The lowest BCUT2D eigenvalue weighted by atomic mass is 10.0. The van der Waals surface area contributed by atoms with Crippen LogP contribution in [-0.4, -0.2) is 37.1 Å². The Morgan fingerprint density at radius 3 is 2.35 bits per heavy atom. The summed E-state index contributed by atoms with van der Waals surface area (Å²) in [6.07, 6.45) is 1.32. The number of carboxylic acids is 1. The largest absolute Gasteiger partial charge is 0.478 e. The first-order chi connectivity index (χ1) is 17.6. The van der Waals surface area contributed by atoms with E-state index in [0.717, 1.165) is 0 Å². The summed E-state index contributed by atoms with van der Waals surface area (Å²) in [7, 11) is -3.82. The van der Waals surface area contributed by atoms with Gasteiger partial charge >= 0.3 is 11.9 Å². The average molecular weight is 559 g/mol. The van der Waals surface area contributed by atoms with Crippen LogP contribution in [0.4, 0.5) is 5.69 Å². The number of aromatic amines is 1. The van der Waals surface area contributed by atoms with Crippen LogP contribution in [-0.2, 0) is 19.6 Å². The van der Waals surface area contributed by atoms with Crippen molar-refractivity contribution in [2.75, 3.05) is 11.3 Å². The monoisotopic (exact) mass is 558 g/mol. The van der Waals surface area contributed by atoms with Crippen molar-refractivity contribution in [3.8, 4) is 0 Å². The highest BCUT2D eigenvalue weighted by molar-refractivity contribution is 7.92. The molecule has 11 heteroatoms. The number of carbonyl (C=O) groups is 2. The van der Waals surface area contributed by atoms with E-state index in [1.165, 1.54) is 48.5 Å². The number of esters is 1. The number of nitrogens with one attached hydrogen (secondary N) is 2. The van der Waals surface area contributed by atoms with E-state index < -0.39 is 22.0 Å². The standard InChI is InChI=1S/C26H20Cl2N2O6S/c1-2-36-26(33)24-20(23-21(28)12-16(27)13-22(23)29-24)14-19(25(31)32)15-8-10-17(11-9-15)30-37(34,35)18-6-4-3-5-7-18/h3-14,29-30H,2H2,1H3,(H,31,32). The van der Waals surface area contributed by atoms with E-state index in [0.29, 0.717) is 15.9 Å². The number of aliphatic carboxylic acids is 1. The second kappa shape index (κ2) is 10.7. The first-order valence-corrected chi connectivity index (χ1v) is 13.2. The summed E-state index contributed by atoms with van der Waals surface area (Å²) in [5, 5.41) is 10.9. The number of halogens is 2. The third-order valence-corrected chi connectivity index (χ3v) is 7.27. The third-order valence-electron chi connectivity index (χ3n) is 5.35. The number of H-pyrrole nitrogens is 1. The van der Waals surface area contributed by atoms with Gasteiger partial charge in [-0.2, -0.15) is 0 Å². The number of aromatic nitrogens is 1. The number of benzene rings is 3. The van der Waals surface area contributed by atoms with E-state index in [1.54, 1.807) is 31.2 Å². The minimum atomic E-state index is -3.82. The molecule has 0 saturated carbocycles. The van der Waals surface area contributed by atoms with Gasteiger partial charge in [0.25, 0.3) is 10.0 Å². The molecule has 1 heterocycles. The second-order valence-electron chi connectivity index (χ2n) is 7.80. The molecule has 3 aromatic carbocycles. The van der Waals surface area contributed by atoms with Gasteiger partial charge in [0.1, 0.15) is 5.69 Å². The summed E-state index contributed by atoms with van der Waals surface area (Å²) in [6.45, 7) is 1.76. The molecule has 8 nitrogen and oxygen atoms in total. The Bertz CT molecular complexity index is 1630. The summed E-state index contributed by atoms with van der Waals surface area (Å²) in [6, 6.07) is 16.7. The first kappa shape index (κ1) is 26.3. The fraction of sp³-hybridized carbons (Fsp3) is 0.0769. The number of hydrogen-bond donors (Lipinski definition) is 3. The fourth-order valence-electron chi connectivity index (χ4n) is 3.73. The number of anilines is 1. The molecular weight excluding hydrogens is 539 g/mol. The maximum absolute atomic E-state index is 12.6. The molecule has 0 radical (unpaired) electrons. The van der Waals surface area contributed by atoms with Gasteiger partial charge in [0, 0.05) is 27.2 Å². The van der Waals surface area contributed by atoms with Gasteiger partial charge in [0.15, 0.2) is 0 Å². The molecule has 0 saturated heterocycles. The van der Waals surface area contributed by atoms with Crippen molar-refractivity contribution in [2.45, 2.75) is 11.8 Å². The highest BCUT2D eigenvalue weighted by atomic mass is 35.5. The zero-order valence-corrected chi connectivity index (χ0v) is 21.6. The quantitative estimate of drug-likeness (QED) is 0.178. The van der Waals surface area contributed by atoms with Crippen LogP contribution < -0.4 is 4.72 Å². The van der Waals surface area contributed by atoms with Crippen molar-refractivity contribution in [1.29, 1.82) is 0 Å². The Labute approximate surface area is 222 Å². The molecular formula is C26H20Cl2N2O6S. The van der Waals surface area contributed by atoms with Gasteiger partial charge < -0.3 is 14.8 Å². The van der Waals surface area contributed by atoms with Gasteiger partial charge in [-0.05, 0) is 55.0 Å². The first-order valence-electron chi connectivity index (χ1n) is 10.9. The summed E-state index contributed by atoms with van der Waals surface area (Å²) < 4.78 is 32.8. The molecule has 0 unspecified atom stereocenters. The van der Waals surface area contributed by atoms with Crippen molar-refractivity contribution >= 4 is 73.4 Å². The topological polar surface area (TPSA) is 126 Å². The number of fused-ring (bicyclic) bond motifs is 1. The molecule has 37 heavy (non-hydrogen) atoms. The average Bonchev–Trinajstić information content (AvgIpc) is 3.22. The van der Waals surface area contributed by atoms with E-state index in [4.69, 9.17) is 27.9 Å². The summed E-state index contributed by atoms with van der Waals surface area (Å²) in [5.41, 5.74) is 1.03. The molecule has 0 aliphatic carbocycles. The van der Waals surface area contributed by atoms with Crippen LogP contribution >= 0.6 is 23.2 Å². The Kier molecular flexibility index (Phi) is 7.58. The van der Waals surface area contributed by atoms with Crippen molar-refractivity contribution in [3.05, 3.63) is 93.6 Å². The molecule has 190 valence electrons. The smallest absolute Gasteiger partial charge is 0.355 e. The van der Waals surface area contributed by atoms with Crippen molar-refractivity contribution in [3.63, 3.8) is 0 Å². The molecule has 4 aromatic rings. The molecule has 0 fully saturated rings. The molecule has 0 bridgehead atoms. The number of rotatable bonds is 8. The number of ether oxygens (including phenoxy) is 1. The van der Waals surface area contributed by atoms with Crippen LogP contribution in [0.5, 0.6) is 0 Å². The molecule has 1 aromatic heterocycles. The highest BCUT2D eigenvalue weighted by Crippen LogP contribution is 2.35. The summed E-state index contributed by atoms with van der Waals surface area (Å²) in [4.78, 5) is 27.9. The van der Waals surface area contributed by atoms with Crippen molar-refractivity contribution < 1.29 is 27.9 Å². The molecule has 0 atom stereocenters. The summed E-state index contributed by atoms with van der Waals surface area (Å²) >= 11 is 12.5. The predicted molar refractivity (Wildman–Crippen MR) is 143 cm³/mol. The van der Waals surface area contributed by atoms with Gasteiger partial charge in [-0.1, -0.05) is 53.5 Å². The van der Waals surface area contributed by atoms with Crippen molar-refractivity contribution in [2.24, 2.45) is 0 Å². The van der Waals surface area contributed by atoms with E-state index in [2.05, 4.69) is 9.71 Å². The third kappa shape index (κ3) is 5.64. The van der Waals surface area contributed by atoms with Crippen LogP contribution in [0.1, 0.15) is 28.5 Å². The minimum absolute atomic E-state index is 0.0204. The zero-order chi connectivity index (χ0) is 26.7. The Morgan fingerprint density at radius 2 is 1.73 bits per heavy atom. The van der Waals surface area contributed by atoms with Crippen LogP contribution in [0.3, 0.4) is 0 Å². The molecule has 4 rings (SSSR count). The molecule has 3 N–H and O–H groups in total. The van der Waals surface area contributed by atoms with E-state index in [9.17, 15) is 23.1 Å². The Hall–Kier alpha value is -3.79. The van der Waals surface area contributed by atoms with Crippen molar-refractivity contribution in [1.82, 2.24) is 4.98 Å². The lowest BCUT2D eigenvalue weighted by Gasteiger charge is -2.10. The number of hydrogen-bond acceptors (Lipinski definition) is 5. The SMILES string of the molecule is CCOC(=O)c1[nH]c2cc(Cl)cc(Cl)c2c1C=C(C(=O)O)c1ccc(NS(=O)(=O)c2ccccc2)cc1. The Morgan fingerprint density at radius 1 is 1.05 bits per heavy atom.